The third-order valence-electron chi connectivity index (χ3n) is 7.62. The summed E-state index contributed by atoms with van der Waals surface area (Å²) < 4.78 is 6.24. The molecule has 0 aliphatic rings. The molecule has 0 fully saturated rings. The Labute approximate surface area is 220 Å². The average Bonchev–Trinajstić information content (AvgIpc) is 3.35. The van der Waals surface area contributed by atoms with E-state index in [1.54, 1.807) is 0 Å². The lowest BCUT2D eigenvalue weighted by Crippen LogP contribution is -2.09. The highest BCUT2D eigenvalue weighted by Gasteiger charge is 2.16. The SMILES string of the molecule is c1ccc(N(c2ccc3c(ccc4c5ccccc5ccc34)c2)c2ccc3c(c2)oc2ccccc23)cc1. The van der Waals surface area contributed by atoms with Crippen molar-refractivity contribution in [1.82, 2.24) is 0 Å². The van der Waals surface area contributed by atoms with Crippen LogP contribution in [0.2, 0.25) is 0 Å². The molecule has 0 bridgehead atoms. The quantitative estimate of drug-likeness (QED) is 0.231. The van der Waals surface area contributed by atoms with Crippen molar-refractivity contribution in [1.29, 1.82) is 0 Å². The zero-order chi connectivity index (χ0) is 25.1. The standard InChI is InChI=1S/C36H23NO/c1-2-9-26(10-3-1)37(28-17-21-34-33-12-6-7-13-35(33)38-36(34)23-28)27-16-20-30-25(22-27)15-19-31-29-11-5-4-8-24(29)14-18-32(30)31/h1-23H. The second-order valence-electron chi connectivity index (χ2n) is 9.80. The van der Waals surface area contributed by atoms with Gasteiger partial charge in [0.05, 0.1) is 0 Å². The molecule has 1 heterocycles. The summed E-state index contributed by atoms with van der Waals surface area (Å²) in [4.78, 5) is 2.30. The van der Waals surface area contributed by atoms with Gasteiger partial charge in [-0.15, -0.1) is 0 Å². The third-order valence-corrected chi connectivity index (χ3v) is 7.62. The van der Waals surface area contributed by atoms with Crippen molar-refractivity contribution in [2.75, 3.05) is 4.90 Å². The minimum Gasteiger partial charge on any atom is -0.456 e. The van der Waals surface area contributed by atoms with Crippen LogP contribution in [0.5, 0.6) is 0 Å². The van der Waals surface area contributed by atoms with Crippen LogP contribution in [0.15, 0.2) is 144 Å². The molecule has 0 spiro atoms. The van der Waals surface area contributed by atoms with E-state index in [0.29, 0.717) is 0 Å². The highest BCUT2D eigenvalue weighted by Crippen LogP contribution is 2.40. The van der Waals surface area contributed by atoms with Crippen LogP contribution >= 0.6 is 0 Å². The van der Waals surface area contributed by atoms with Crippen LogP contribution < -0.4 is 4.90 Å². The number of rotatable bonds is 3. The Morgan fingerprint density at radius 1 is 0.342 bits per heavy atom. The van der Waals surface area contributed by atoms with E-state index in [9.17, 15) is 0 Å². The van der Waals surface area contributed by atoms with Gasteiger partial charge in [-0.2, -0.15) is 0 Å². The summed E-state index contributed by atoms with van der Waals surface area (Å²) in [6.07, 6.45) is 0. The van der Waals surface area contributed by atoms with Gasteiger partial charge >= 0.3 is 0 Å². The van der Waals surface area contributed by atoms with Gasteiger partial charge in [-0.1, -0.05) is 91.0 Å². The molecule has 0 radical (unpaired) electrons. The Balaban J connectivity index is 1.33. The summed E-state index contributed by atoms with van der Waals surface area (Å²) in [6.45, 7) is 0. The predicted molar refractivity (Wildman–Crippen MR) is 161 cm³/mol. The highest BCUT2D eigenvalue weighted by molar-refractivity contribution is 6.17. The lowest BCUT2D eigenvalue weighted by Gasteiger charge is -2.26. The van der Waals surface area contributed by atoms with Crippen molar-refractivity contribution in [2.45, 2.75) is 0 Å². The van der Waals surface area contributed by atoms with Crippen LogP contribution in [0, 0.1) is 0 Å². The van der Waals surface area contributed by atoms with Crippen molar-refractivity contribution in [2.24, 2.45) is 0 Å². The minimum atomic E-state index is 0.892. The largest absolute Gasteiger partial charge is 0.456 e. The van der Waals surface area contributed by atoms with Crippen molar-refractivity contribution in [3.63, 3.8) is 0 Å². The molecular weight excluding hydrogens is 462 g/mol. The average molecular weight is 486 g/mol. The van der Waals surface area contributed by atoms with Crippen LogP contribution in [0.3, 0.4) is 0 Å². The maximum atomic E-state index is 6.24. The van der Waals surface area contributed by atoms with Crippen molar-refractivity contribution in [3.05, 3.63) is 140 Å². The Bertz CT molecular complexity index is 2140. The van der Waals surface area contributed by atoms with Gasteiger partial charge in [0, 0.05) is 33.9 Å². The van der Waals surface area contributed by atoms with E-state index in [4.69, 9.17) is 4.42 Å². The predicted octanol–water partition coefficient (Wildman–Crippen LogP) is 10.5. The van der Waals surface area contributed by atoms with Crippen LogP contribution in [0.4, 0.5) is 17.1 Å². The first-order valence-corrected chi connectivity index (χ1v) is 12.9. The maximum absolute atomic E-state index is 6.24. The van der Waals surface area contributed by atoms with Crippen LogP contribution in [-0.2, 0) is 0 Å². The topological polar surface area (TPSA) is 16.4 Å². The Morgan fingerprint density at radius 3 is 1.76 bits per heavy atom. The Kier molecular flexibility index (Phi) is 4.55. The lowest BCUT2D eigenvalue weighted by molar-refractivity contribution is 0.669. The molecule has 0 N–H and O–H groups in total. The molecule has 0 atom stereocenters. The molecule has 0 amide bonds. The van der Waals surface area contributed by atoms with E-state index >= 15 is 0 Å². The molecule has 38 heavy (non-hydrogen) atoms. The summed E-state index contributed by atoms with van der Waals surface area (Å²) in [6, 6.07) is 49.6. The number of anilines is 3. The fourth-order valence-corrected chi connectivity index (χ4v) is 5.83. The van der Waals surface area contributed by atoms with Crippen LogP contribution in [0.25, 0.3) is 54.3 Å². The second-order valence-corrected chi connectivity index (χ2v) is 9.80. The third kappa shape index (κ3) is 3.21. The van der Waals surface area contributed by atoms with E-state index in [2.05, 4.69) is 132 Å². The zero-order valence-corrected chi connectivity index (χ0v) is 20.6. The second kappa shape index (κ2) is 8.22. The van der Waals surface area contributed by atoms with Gasteiger partial charge < -0.3 is 9.32 Å². The molecular formula is C36H23NO. The molecule has 8 rings (SSSR count). The van der Waals surface area contributed by atoms with Crippen molar-refractivity contribution >= 4 is 71.3 Å². The van der Waals surface area contributed by atoms with Crippen LogP contribution in [-0.4, -0.2) is 0 Å². The first kappa shape index (κ1) is 21.0. The zero-order valence-electron chi connectivity index (χ0n) is 20.6. The first-order valence-electron chi connectivity index (χ1n) is 12.9. The normalized spacial score (nSPS) is 11.7. The number of benzene rings is 7. The number of fused-ring (bicyclic) bond motifs is 8. The molecule has 0 saturated heterocycles. The monoisotopic (exact) mass is 485 g/mol. The fourth-order valence-electron chi connectivity index (χ4n) is 5.83. The van der Waals surface area contributed by atoms with E-state index in [-0.39, 0.29) is 0 Å². The summed E-state index contributed by atoms with van der Waals surface area (Å²) in [5.41, 5.74) is 5.08. The van der Waals surface area contributed by atoms with E-state index in [1.807, 2.05) is 12.1 Å². The first-order chi connectivity index (χ1) is 18.8. The minimum absolute atomic E-state index is 0.892. The van der Waals surface area contributed by atoms with E-state index in [0.717, 1.165) is 39.0 Å². The smallest absolute Gasteiger partial charge is 0.137 e. The number of hydrogen-bond donors (Lipinski definition) is 0. The number of hydrogen-bond acceptors (Lipinski definition) is 2. The summed E-state index contributed by atoms with van der Waals surface area (Å²) >= 11 is 0. The molecule has 2 nitrogen and oxygen atoms in total. The van der Waals surface area contributed by atoms with E-state index < -0.39 is 0 Å². The van der Waals surface area contributed by atoms with Crippen LogP contribution in [0.1, 0.15) is 0 Å². The van der Waals surface area contributed by atoms with Gasteiger partial charge in [-0.3, -0.25) is 0 Å². The van der Waals surface area contributed by atoms with Crippen molar-refractivity contribution < 1.29 is 4.42 Å². The lowest BCUT2D eigenvalue weighted by atomic mass is 9.96. The van der Waals surface area contributed by atoms with Gasteiger partial charge in [0.1, 0.15) is 11.2 Å². The molecule has 0 aliphatic heterocycles. The molecule has 2 heteroatoms. The van der Waals surface area contributed by atoms with E-state index in [1.165, 1.54) is 32.3 Å². The Hall–Kier alpha value is -5.08. The number of para-hydroxylation sites is 2. The Morgan fingerprint density at radius 2 is 0.921 bits per heavy atom. The van der Waals surface area contributed by atoms with Gasteiger partial charge in [-0.25, -0.2) is 0 Å². The number of nitrogens with zero attached hydrogens (tertiary/aromatic N) is 1. The van der Waals surface area contributed by atoms with Gasteiger partial charge in [-0.05, 0) is 74.8 Å². The van der Waals surface area contributed by atoms with Crippen molar-refractivity contribution in [3.8, 4) is 0 Å². The molecule has 1 aromatic heterocycles. The molecule has 0 aliphatic carbocycles. The van der Waals surface area contributed by atoms with Gasteiger partial charge in [0.25, 0.3) is 0 Å². The highest BCUT2D eigenvalue weighted by atomic mass is 16.3. The molecule has 7 aromatic carbocycles. The number of furan rings is 1. The molecule has 0 saturated carbocycles. The summed E-state index contributed by atoms with van der Waals surface area (Å²) in [5, 5.41) is 9.89. The maximum Gasteiger partial charge on any atom is 0.137 e. The van der Waals surface area contributed by atoms with Gasteiger partial charge in [0.2, 0.25) is 0 Å². The summed E-state index contributed by atoms with van der Waals surface area (Å²) in [5.74, 6) is 0. The fraction of sp³-hybridized carbons (Fsp3) is 0. The molecule has 178 valence electrons. The summed E-state index contributed by atoms with van der Waals surface area (Å²) in [7, 11) is 0. The molecule has 0 unspecified atom stereocenters. The molecule has 8 aromatic rings. The van der Waals surface area contributed by atoms with Gasteiger partial charge in [0.15, 0.2) is 0 Å².